The van der Waals surface area contributed by atoms with E-state index in [1.54, 1.807) is 21.0 Å². The van der Waals surface area contributed by atoms with Gasteiger partial charge in [0.15, 0.2) is 6.10 Å². The Morgan fingerprint density at radius 2 is 1.81 bits per heavy atom. The van der Waals surface area contributed by atoms with Gasteiger partial charge >= 0.3 is 0 Å². The zero-order chi connectivity index (χ0) is 16.4. The summed E-state index contributed by atoms with van der Waals surface area (Å²) in [5.41, 5.74) is 0.694. The standard InChI is InChI=1S/C14H22N2O4S/c1-9(2)12-8-11(21(15,18)19)6-7-13(12)20-10(3)14(17)16(4)5/h6-10H,1-5H3,(H2,15,18,19). The molecule has 118 valence electrons. The Balaban J connectivity index is 3.16. The lowest BCUT2D eigenvalue weighted by Crippen LogP contribution is -2.35. The van der Waals surface area contributed by atoms with Crippen molar-refractivity contribution in [2.24, 2.45) is 5.14 Å². The molecule has 0 saturated heterocycles. The summed E-state index contributed by atoms with van der Waals surface area (Å²) in [5, 5.41) is 5.14. The van der Waals surface area contributed by atoms with E-state index < -0.39 is 16.1 Å². The molecule has 0 aliphatic rings. The molecule has 21 heavy (non-hydrogen) atoms. The normalized spacial score (nSPS) is 13.1. The fraction of sp³-hybridized carbons (Fsp3) is 0.500. The third-order valence-corrected chi connectivity index (χ3v) is 3.94. The van der Waals surface area contributed by atoms with Crippen molar-refractivity contribution in [1.82, 2.24) is 4.90 Å². The molecule has 1 atom stereocenters. The first-order valence-electron chi connectivity index (χ1n) is 6.58. The van der Waals surface area contributed by atoms with Crippen molar-refractivity contribution in [3.8, 4) is 5.75 Å². The molecular formula is C14H22N2O4S. The minimum absolute atomic E-state index is 0.0309. The summed E-state index contributed by atoms with van der Waals surface area (Å²) in [4.78, 5) is 13.3. The Bertz CT molecular complexity index is 624. The number of amides is 1. The lowest BCUT2D eigenvalue weighted by atomic mass is 10.0. The number of likely N-dealkylation sites (N-methyl/N-ethyl adjacent to an activating group) is 1. The highest BCUT2D eigenvalue weighted by Crippen LogP contribution is 2.29. The first kappa shape index (κ1) is 17.5. The zero-order valence-electron chi connectivity index (χ0n) is 13.0. The summed E-state index contributed by atoms with van der Waals surface area (Å²) in [5.74, 6) is 0.351. The van der Waals surface area contributed by atoms with E-state index in [1.165, 1.54) is 23.1 Å². The van der Waals surface area contributed by atoms with Crippen LogP contribution >= 0.6 is 0 Å². The number of benzene rings is 1. The number of primary sulfonamides is 1. The molecule has 1 amide bonds. The highest BCUT2D eigenvalue weighted by atomic mass is 32.2. The largest absolute Gasteiger partial charge is 0.481 e. The molecule has 1 unspecified atom stereocenters. The molecule has 0 saturated carbocycles. The van der Waals surface area contributed by atoms with E-state index in [-0.39, 0.29) is 16.7 Å². The average molecular weight is 314 g/mol. The number of nitrogens with two attached hydrogens (primary N) is 1. The van der Waals surface area contributed by atoms with Gasteiger partial charge in [0.05, 0.1) is 4.90 Å². The number of rotatable bonds is 5. The molecule has 0 aliphatic carbocycles. The summed E-state index contributed by atoms with van der Waals surface area (Å²) in [6.45, 7) is 5.47. The first-order chi connectivity index (χ1) is 9.54. The van der Waals surface area contributed by atoms with Gasteiger partial charge in [-0.05, 0) is 36.6 Å². The highest BCUT2D eigenvalue weighted by molar-refractivity contribution is 7.89. The van der Waals surface area contributed by atoms with Crippen LogP contribution < -0.4 is 9.88 Å². The van der Waals surface area contributed by atoms with Crippen LogP contribution in [0.2, 0.25) is 0 Å². The Morgan fingerprint density at radius 3 is 2.24 bits per heavy atom. The molecule has 0 radical (unpaired) electrons. The second kappa shape index (κ2) is 6.44. The molecule has 0 aliphatic heterocycles. The van der Waals surface area contributed by atoms with E-state index in [9.17, 15) is 13.2 Å². The third kappa shape index (κ3) is 4.44. The van der Waals surface area contributed by atoms with Gasteiger partial charge < -0.3 is 9.64 Å². The Morgan fingerprint density at radius 1 is 1.24 bits per heavy atom. The van der Waals surface area contributed by atoms with Crippen molar-refractivity contribution in [2.75, 3.05) is 14.1 Å². The number of sulfonamides is 1. The van der Waals surface area contributed by atoms with Crippen molar-refractivity contribution < 1.29 is 17.9 Å². The fourth-order valence-electron chi connectivity index (χ4n) is 1.87. The van der Waals surface area contributed by atoms with Crippen LogP contribution in [0.3, 0.4) is 0 Å². The lowest BCUT2D eigenvalue weighted by molar-refractivity contribution is -0.135. The van der Waals surface area contributed by atoms with Gasteiger partial charge in [0.1, 0.15) is 5.75 Å². The Kier molecular flexibility index (Phi) is 5.36. The van der Waals surface area contributed by atoms with Gasteiger partial charge in [0.25, 0.3) is 5.91 Å². The van der Waals surface area contributed by atoms with Gasteiger partial charge in [0.2, 0.25) is 10.0 Å². The van der Waals surface area contributed by atoms with Gasteiger partial charge in [-0.1, -0.05) is 13.8 Å². The molecular weight excluding hydrogens is 292 g/mol. The Hall–Kier alpha value is -1.60. The number of ether oxygens (including phenoxy) is 1. The summed E-state index contributed by atoms with van der Waals surface area (Å²) in [6.07, 6.45) is -0.655. The quantitative estimate of drug-likeness (QED) is 0.887. The second-order valence-electron chi connectivity index (χ2n) is 5.39. The van der Waals surface area contributed by atoms with Crippen LogP contribution in [0, 0.1) is 0 Å². The van der Waals surface area contributed by atoms with Crippen LogP contribution in [0.4, 0.5) is 0 Å². The number of nitrogens with zero attached hydrogens (tertiary/aromatic N) is 1. The maximum Gasteiger partial charge on any atom is 0.262 e. The third-order valence-electron chi connectivity index (χ3n) is 3.02. The van der Waals surface area contributed by atoms with Crippen molar-refractivity contribution in [3.63, 3.8) is 0 Å². The molecule has 0 spiro atoms. The van der Waals surface area contributed by atoms with Crippen molar-refractivity contribution in [3.05, 3.63) is 23.8 Å². The maximum absolute atomic E-state index is 11.8. The summed E-state index contributed by atoms with van der Waals surface area (Å²) in [6, 6.07) is 4.40. The molecule has 0 aromatic heterocycles. The van der Waals surface area contributed by atoms with Gasteiger partial charge in [0, 0.05) is 14.1 Å². The summed E-state index contributed by atoms with van der Waals surface area (Å²) < 4.78 is 28.5. The van der Waals surface area contributed by atoms with Crippen LogP contribution in [-0.4, -0.2) is 39.4 Å². The number of hydrogen-bond donors (Lipinski definition) is 1. The maximum atomic E-state index is 11.8. The van der Waals surface area contributed by atoms with Gasteiger partial charge in [-0.2, -0.15) is 0 Å². The van der Waals surface area contributed by atoms with E-state index >= 15 is 0 Å². The van der Waals surface area contributed by atoms with Crippen LogP contribution in [0.5, 0.6) is 5.75 Å². The van der Waals surface area contributed by atoms with Crippen LogP contribution in [0.1, 0.15) is 32.3 Å². The minimum atomic E-state index is -3.76. The van der Waals surface area contributed by atoms with Crippen LogP contribution in [0.15, 0.2) is 23.1 Å². The summed E-state index contributed by atoms with van der Waals surface area (Å²) in [7, 11) is -0.468. The monoisotopic (exact) mass is 314 g/mol. The molecule has 1 aromatic rings. The van der Waals surface area contributed by atoms with E-state index in [1.807, 2.05) is 13.8 Å². The number of carbonyl (C=O) groups is 1. The molecule has 1 rings (SSSR count). The molecule has 2 N–H and O–H groups in total. The lowest BCUT2D eigenvalue weighted by Gasteiger charge is -2.21. The molecule has 0 heterocycles. The van der Waals surface area contributed by atoms with E-state index in [2.05, 4.69) is 0 Å². The SMILES string of the molecule is CC(Oc1ccc(S(N)(=O)=O)cc1C(C)C)C(=O)N(C)C. The minimum Gasteiger partial charge on any atom is -0.481 e. The van der Waals surface area contributed by atoms with E-state index in [0.29, 0.717) is 11.3 Å². The van der Waals surface area contributed by atoms with E-state index in [0.717, 1.165) is 0 Å². The highest BCUT2D eigenvalue weighted by Gasteiger charge is 2.20. The molecule has 0 fully saturated rings. The van der Waals surface area contributed by atoms with Crippen LogP contribution in [-0.2, 0) is 14.8 Å². The topological polar surface area (TPSA) is 89.7 Å². The smallest absolute Gasteiger partial charge is 0.262 e. The molecule has 1 aromatic carbocycles. The molecule has 7 heteroatoms. The molecule has 0 bridgehead atoms. The van der Waals surface area contributed by atoms with Crippen LogP contribution in [0.25, 0.3) is 0 Å². The number of carbonyl (C=O) groups excluding carboxylic acids is 1. The average Bonchev–Trinajstić information content (AvgIpc) is 2.36. The predicted molar refractivity (Wildman–Crippen MR) is 80.7 cm³/mol. The van der Waals surface area contributed by atoms with Gasteiger partial charge in [-0.25, -0.2) is 13.6 Å². The van der Waals surface area contributed by atoms with E-state index in [4.69, 9.17) is 9.88 Å². The summed E-state index contributed by atoms with van der Waals surface area (Å²) >= 11 is 0. The number of hydrogen-bond acceptors (Lipinski definition) is 4. The Labute approximate surface area is 125 Å². The fourth-order valence-corrected chi connectivity index (χ4v) is 2.42. The second-order valence-corrected chi connectivity index (χ2v) is 6.95. The first-order valence-corrected chi connectivity index (χ1v) is 8.13. The van der Waals surface area contributed by atoms with Crippen molar-refractivity contribution in [2.45, 2.75) is 37.7 Å². The molecule has 6 nitrogen and oxygen atoms in total. The van der Waals surface area contributed by atoms with Crippen molar-refractivity contribution in [1.29, 1.82) is 0 Å². The predicted octanol–water partition coefficient (Wildman–Crippen LogP) is 1.31. The van der Waals surface area contributed by atoms with Crippen molar-refractivity contribution >= 4 is 15.9 Å². The zero-order valence-corrected chi connectivity index (χ0v) is 13.8. The van der Waals surface area contributed by atoms with Gasteiger partial charge in [-0.3, -0.25) is 4.79 Å². The van der Waals surface area contributed by atoms with Gasteiger partial charge in [-0.15, -0.1) is 0 Å².